The summed E-state index contributed by atoms with van der Waals surface area (Å²) in [6, 6.07) is 19.6. The van der Waals surface area contributed by atoms with Gasteiger partial charge in [-0.2, -0.15) is 30.3 Å². The zero-order valence-corrected chi connectivity index (χ0v) is 13.3. The van der Waals surface area contributed by atoms with E-state index >= 15 is 0 Å². The van der Waals surface area contributed by atoms with Crippen LogP contribution in [-0.2, 0) is 16.3 Å². The van der Waals surface area contributed by atoms with Gasteiger partial charge in [0.1, 0.15) is 0 Å². The van der Waals surface area contributed by atoms with Crippen molar-refractivity contribution in [1.29, 1.82) is 0 Å². The molecule has 0 amide bonds. The van der Waals surface area contributed by atoms with Gasteiger partial charge in [-0.15, -0.1) is 5.56 Å². The summed E-state index contributed by atoms with van der Waals surface area (Å²) < 4.78 is 0. The molecule has 0 bridgehead atoms. The summed E-state index contributed by atoms with van der Waals surface area (Å²) in [5, 5.41) is 0. The Balaban J connectivity index is 0.000000531. The van der Waals surface area contributed by atoms with Crippen LogP contribution < -0.4 is 0 Å². The topological polar surface area (TPSA) is 0 Å². The van der Waals surface area contributed by atoms with E-state index in [2.05, 4.69) is 63.0 Å². The monoisotopic (exact) mass is 310 g/mol. The van der Waals surface area contributed by atoms with Crippen LogP contribution in [0.4, 0.5) is 0 Å². The first-order chi connectivity index (χ1) is 7.36. The summed E-state index contributed by atoms with van der Waals surface area (Å²) in [6.45, 7) is 2.11. The van der Waals surface area contributed by atoms with Crippen molar-refractivity contribution >= 4 is 13.6 Å². The van der Waals surface area contributed by atoms with Gasteiger partial charge >= 0.3 is 30.0 Å². The Morgan fingerprint density at radius 3 is 2.27 bits per heavy atom. The Morgan fingerprint density at radius 2 is 1.67 bits per heavy atom. The molecule has 72 valence electrons. The Labute approximate surface area is 108 Å². The third kappa shape index (κ3) is 3.89. The van der Waals surface area contributed by atoms with Crippen LogP contribution in [0.3, 0.4) is 0 Å². The summed E-state index contributed by atoms with van der Waals surface area (Å²) in [5.41, 5.74) is 3.82. The molecular weight excluding hydrogens is 301 g/mol. The number of benzene rings is 2. The van der Waals surface area contributed by atoms with E-state index in [1.54, 1.807) is 0 Å². The van der Waals surface area contributed by atoms with Crippen LogP contribution >= 0.6 is 13.6 Å². The van der Waals surface area contributed by atoms with Crippen molar-refractivity contribution in [3.8, 4) is 11.1 Å². The van der Waals surface area contributed by atoms with E-state index in [4.69, 9.17) is 0 Å². The molecule has 0 atom stereocenters. The molecule has 0 saturated heterocycles. The van der Waals surface area contributed by atoms with Crippen molar-refractivity contribution in [1.82, 2.24) is 0 Å². The zero-order chi connectivity index (χ0) is 11.1. The second-order valence-corrected chi connectivity index (χ2v) is 3.16. The molecule has 0 spiro atoms. The second-order valence-electron chi connectivity index (χ2n) is 3.16. The van der Waals surface area contributed by atoms with Gasteiger partial charge in [0.2, 0.25) is 0 Å². The van der Waals surface area contributed by atoms with Crippen molar-refractivity contribution in [2.75, 3.05) is 0 Å². The van der Waals surface area contributed by atoms with E-state index in [0.29, 0.717) is 0 Å². The zero-order valence-electron chi connectivity index (χ0n) is 8.70. The van der Waals surface area contributed by atoms with Crippen molar-refractivity contribution in [3.63, 3.8) is 0 Å². The second kappa shape index (κ2) is 6.92. The summed E-state index contributed by atoms with van der Waals surface area (Å²) >= 11 is 4.25. The van der Waals surface area contributed by atoms with E-state index in [1.165, 1.54) is 33.0 Å². The fraction of sp³-hybridized carbons (Fsp3) is 0.0769. The van der Waals surface area contributed by atoms with Crippen molar-refractivity contribution in [2.24, 2.45) is 0 Å². The Hall–Kier alpha value is -0.457. The SMILES string of the molecule is Cc1cccc(-c2cc[c-]cc2)c1.[Zn+][Br]. The molecule has 2 rings (SSSR count). The van der Waals surface area contributed by atoms with E-state index in [9.17, 15) is 0 Å². The number of aryl methyl sites for hydroxylation is 1. The molecule has 0 saturated carbocycles. The number of hydrogen-bond acceptors (Lipinski definition) is 0. The van der Waals surface area contributed by atoms with Gasteiger partial charge in [0.05, 0.1) is 0 Å². The standard InChI is InChI=1S/C13H11.BrH.Zn/c1-11-6-5-9-13(10-11)12-7-3-2-4-8-12;;/h3-10H,1H3;1H;/q-1;;+2/p-1. The fourth-order valence-electron chi connectivity index (χ4n) is 1.40. The fourth-order valence-corrected chi connectivity index (χ4v) is 1.40. The molecule has 2 heteroatoms. The molecule has 2 aromatic carbocycles. The number of halogens is 1. The van der Waals surface area contributed by atoms with E-state index < -0.39 is 0 Å². The molecule has 0 nitrogen and oxygen atoms in total. The Morgan fingerprint density at radius 1 is 1.00 bits per heavy atom. The van der Waals surface area contributed by atoms with Crippen LogP contribution in [0.1, 0.15) is 5.56 Å². The minimum atomic E-state index is 1.19. The molecule has 0 aliphatic heterocycles. The molecule has 0 N–H and O–H groups in total. The van der Waals surface area contributed by atoms with Crippen LogP contribution in [0.5, 0.6) is 0 Å². The first kappa shape index (κ1) is 12.6. The van der Waals surface area contributed by atoms with Gasteiger partial charge in [-0.1, -0.05) is 29.8 Å². The molecule has 0 heterocycles. The quantitative estimate of drug-likeness (QED) is 0.544. The molecule has 2 aromatic rings. The summed E-state index contributed by atoms with van der Waals surface area (Å²) in [5.74, 6) is 0. The number of hydrogen-bond donors (Lipinski definition) is 0. The molecule has 15 heavy (non-hydrogen) atoms. The van der Waals surface area contributed by atoms with Crippen LogP contribution in [0.2, 0.25) is 0 Å². The third-order valence-corrected chi connectivity index (χ3v) is 2.07. The van der Waals surface area contributed by atoms with E-state index in [1.807, 2.05) is 12.1 Å². The number of rotatable bonds is 1. The molecule has 0 aliphatic carbocycles. The van der Waals surface area contributed by atoms with Gasteiger partial charge in [-0.05, 0) is 12.5 Å². The molecule has 0 aromatic heterocycles. The van der Waals surface area contributed by atoms with Gasteiger partial charge in [0.25, 0.3) is 0 Å². The first-order valence-corrected chi connectivity index (χ1v) is 11.6. The molecule has 0 aliphatic rings. The van der Waals surface area contributed by atoms with E-state index in [0.717, 1.165) is 0 Å². The summed E-state index contributed by atoms with van der Waals surface area (Å²) in [6.07, 6.45) is 0. The maximum atomic E-state index is 3.06. The summed E-state index contributed by atoms with van der Waals surface area (Å²) in [4.78, 5) is 0. The van der Waals surface area contributed by atoms with Gasteiger partial charge in [0.15, 0.2) is 0 Å². The van der Waals surface area contributed by atoms with Crippen molar-refractivity contribution < 1.29 is 16.3 Å². The van der Waals surface area contributed by atoms with Gasteiger partial charge in [0, 0.05) is 0 Å². The van der Waals surface area contributed by atoms with Crippen LogP contribution in [0.15, 0.2) is 48.5 Å². The predicted molar refractivity (Wildman–Crippen MR) is 64.4 cm³/mol. The van der Waals surface area contributed by atoms with Gasteiger partial charge < -0.3 is 0 Å². The van der Waals surface area contributed by atoms with Crippen molar-refractivity contribution in [2.45, 2.75) is 6.92 Å². The third-order valence-electron chi connectivity index (χ3n) is 2.07. The van der Waals surface area contributed by atoms with Gasteiger partial charge in [-0.25, -0.2) is 0 Å². The van der Waals surface area contributed by atoms with Crippen LogP contribution in [-0.4, -0.2) is 0 Å². The van der Waals surface area contributed by atoms with Gasteiger partial charge in [-0.3, -0.25) is 0 Å². The average molecular weight is 313 g/mol. The molecule has 0 unspecified atom stereocenters. The summed E-state index contributed by atoms with van der Waals surface area (Å²) in [7, 11) is 0. The molecular formula is C13H11BrZn. The van der Waals surface area contributed by atoms with Crippen LogP contribution in [0, 0.1) is 13.0 Å². The predicted octanol–water partition coefficient (Wildman–Crippen LogP) is 4.31. The van der Waals surface area contributed by atoms with Crippen molar-refractivity contribution in [3.05, 3.63) is 60.2 Å². The Bertz CT molecular complexity index is 398. The van der Waals surface area contributed by atoms with E-state index in [-0.39, 0.29) is 0 Å². The minimum absolute atomic E-state index is 1.19. The van der Waals surface area contributed by atoms with Crippen LogP contribution in [0.25, 0.3) is 11.1 Å². The molecule has 0 radical (unpaired) electrons. The Kier molecular flexibility index (Phi) is 5.82. The average Bonchev–Trinajstić information content (AvgIpc) is 2.33. The molecule has 0 fully saturated rings. The first-order valence-electron chi connectivity index (χ1n) is 4.66. The maximum absolute atomic E-state index is 3.06. The normalized spacial score (nSPS) is 9.07.